The number of nitrogens with two attached hydrogens (primary N) is 1. The lowest BCUT2D eigenvalue weighted by Crippen LogP contribution is -2.52. The molecule has 1 fully saturated rings. The molecule has 1 unspecified atom stereocenters. The van der Waals surface area contributed by atoms with Crippen molar-refractivity contribution in [2.24, 2.45) is 5.73 Å². The lowest BCUT2D eigenvalue weighted by atomic mass is 9.86. The summed E-state index contributed by atoms with van der Waals surface area (Å²) in [5.74, 6) is 0. The Balaban J connectivity index is 2.22. The summed E-state index contributed by atoms with van der Waals surface area (Å²) < 4.78 is 5.10. The zero-order valence-corrected chi connectivity index (χ0v) is 8.29. The normalized spacial score (nSPS) is 31.8. The SMILES string of the molecule is COCC(C)N(C)C1CC(N)C1. The molecule has 0 heterocycles. The molecule has 12 heavy (non-hydrogen) atoms. The third-order valence-electron chi connectivity index (χ3n) is 2.83. The predicted octanol–water partition coefficient (Wildman–Crippen LogP) is 0.443. The molecule has 1 aliphatic rings. The first-order valence-corrected chi connectivity index (χ1v) is 4.61. The fourth-order valence-corrected chi connectivity index (χ4v) is 1.68. The first kappa shape index (κ1) is 9.96. The molecular formula is C9H20N2O. The van der Waals surface area contributed by atoms with Gasteiger partial charge < -0.3 is 10.5 Å². The number of hydrogen-bond acceptors (Lipinski definition) is 3. The summed E-state index contributed by atoms with van der Waals surface area (Å²) >= 11 is 0. The summed E-state index contributed by atoms with van der Waals surface area (Å²) in [6.45, 7) is 3.00. The molecule has 0 spiro atoms. The average Bonchev–Trinajstić information content (AvgIpc) is 1.98. The van der Waals surface area contributed by atoms with E-state index in [0.717, 1.165) is 19.4 Å². The van der Waals surface area contributed by atoms with Crippen LogP contribution in [0.5, 0.6) is 0 Å². The van der Waals surface area contributed by atoms with E-state index in [0.29, 0.717) is 18.1 Å². The highest BCUT2D eigenvalue weighted by Crippen LogP contribution is 2.24. The molecule has 0 aromatic heterocycles. The highest BCUT2D eigenvalue weighted by Gasteiger charge is 2.31. The highest BCUT2D eigenvalue weighted by atomic mass is 16.5. The van der Waals surface area contributed by atoms with Crippen molar-refractivity contribution < 1.29 is 4.74 Å². The molecular weight excluding hydrogens is 152 g/mol. The van der Waals surface area contributed by atoms with Crippen molar-refractivity contribution in [3.63, 3.8) is 0 Å². The summed E-state index contributed by atoms with van der Waals surface area (Å²) in [6.07, 6.45) is 2.29. The Hall–Kier alpha value is -0.120. The Bertz CT molecular complexity index is 130. The molecule has 1 atom stereocenters. The Morgan fingerprint density at radius 2 is 2.17 bits per heavy atom. The van der Waals surface area contributed by atoms with Crippen molar-refractivity contribution in [1.82, 2.24) is 4.90 Å². The van der Waals surface area contributed by atoms with Crippen LogP contribution in [0.4, 0.5) is 0 Å². The van der Waals surface area contributed by atoms with E-state index in [1.807, 2.05) is 0 Å². The first-order chi connectivity index (χ1) is 5.65. The summed E-state index contributed by atoms with van der Waals surface area (Å²) in [4.78, 5) is 2.37. The maximum absolute atomic E-state index is 5.72. The summed E-state index contributed by atoms with van der Waals surface area (Å²) in [6, 6.07) is 1.63. The molecule has 0 aromatic carbocycles. The Labute approximate surface area is 74.9 Å². The quantitative estimate of drug-likeness (QED) is 0.669. The van der Waals surface area contributed by atoms with Crippen molar-refractivity contribution in [2.45, 2.75) is 37.9 Å². The Morgan fingerprint density at radius 1 is 1.58 bits per heavy atom. The van der Waals surface area contributed by atoms with E-state index in [9.17, 15) is 0 Å². The smallest absolute Gasteiger partial charge is 0.0615 e. The molecule has 0 amide bonds. The number of rotatable bonds is 4. The van der Waals surface area contributed by atoms with Gasteiger partial charge in [-0.05, 0) is 26.8 Å². The van der Waals surface area contributed by atoms with Crippen LogP contribution in [-0.4, -0.2) is 43.8 Å². The van der Waals surface area contributed by atoms with E-state index in [-0.39, 0.29) is 0 Å². The summed E-state index contributed by atoms with van der Waals surface area (Å²) in [5.41, 5.74) is 5.72. The van der Waals surface area contributed by atoms with Gasteiger partial charge in [-0.15, -0.1) is 0 Å². The van der Waals surface area contributed by atoms with E-state index < -0.39 is 0 Å². The lowest BCUT2D eigenvalue weighted by Gasteiger charge is -2.42. The second kappa shape index (κ2) is 4.21. The maximum Gasteiger partial charge on any atom is 0.0615 e. The third kappa shape index (κ3) is 2.19. The van der Waals surface area contributed by atoms with Crippen LogP contribution in [-0.2, 0) is 4.74 Å². The van der Waals surface area contributed by atoms with Gasteiger partial charge in [0, 0.05) is 25.2 Å². The fourth-order valence-electron chi connectivity index (χ4n) is 1.68. The van der Waals surface area contributed by atoms with Gasteiger partial charge in [0.1, 0.15) is 0 Å². The molecule has 0 aromatic rings. The van der Waals surface area contributed by atoms with Gasteiger partial charge in [0.25, 0.3) is 0 Å². The van der Waals surface area contributed by atoms with Crippen molar-refractivity contribution in [2.75, 3.05) is 20.8 Å². The summed E-state index contributed by atoms with van der Waals surface area (Å²) in [7, 11) is 3.90. The van der Waals surface area contributed by atoms with Crippen LogP contribution in [0.25, 0.3) is 0 Å². The van der Waals surface area contributed by atoms with Crippen LogP contribution in [0.2, 0.25) is 0 Å². The van der Waals surface area contributed by atoms with Gasteiger partial charge in [0.2, 0.25) is 0 Å². The fraction of sp³-hybridized carbons (Fsp3) is 1.00. The Morgan fingerprint density at radius 3 is 2.58 bits per heavy atom. The second-order valence-electron chi connectivity index (χ2n) is 3.86. The van der Waals surface area contributed by atoms with Crippen molar-refractivity contribution >= 4 is 0 Å². The number of nitrogens with zero attached hydrogens (tertiary/aromatic N) is 1. The minimum absolute atomic E-state index is 0.437. The first-order valence-electron chi connectivity index (χ1n) is 4.61. The topological polar surface area (TPSA) is 38.5 Å². The largest absolute Gasteiger partial charge is 0.383 e. The molecule has 2 N–H and O–H groups in total. The molecule has 72 valence electrons. The average molecular weight is 172 g/mol. The summed E-state index contributed by atoms with van der Waals surface area (Å²) in [5, 5.41) is 0. The van der Waals surface area contributed by atoms with E-state index in [1.54, 1.807) is 7.11 Å². The van der Waals surface area contributed by atoms with E-state index in [1.165, 1.54) is 0 Å². The van der Waals surface area contributed by atoms with Crippen molar-refractivity contribution in [1.29, 1.82) is 0 Å². The van der Waals surface area contributed by atoms with Crippen molar-refractivity contribution in [3.8, 4) is 0 Å². The van der Waals surface area contributed by atoms with Gasteiger partial charge in [0.15, 0.2) is 0 Å². The zero-order valence-electron chi connectivity index (χ0n) is 8.29. The monoisotopic (exact) mass is 172 g/mol. The van der Waals surface area contributed by atoms with E-state index in [4.69, 9.17) is 10.5 Å². The lowest BCUT2D eigenvalue weighted by molar-refractivity contribution is 0.0530. The second-order valence-corrected chi connectivity index (χ2v) is 3.86. The molecule has 1 rings (SSSR count). The molecule has 3 heteroatoms. The zero-order chi connectivity index (χ0) is 9.14. The van der Waals surface area contributed by atoms with E-state index >= 15 is 0 Å². The molecule has 3 nitrogen and oxygen atoms in total. The van der Waals surface area contributed by atoms with Gasteiger partial charge in [0.05, 0.1) is 6.61 Å². The van der Waals surface area contributed by atoms with Crippen LogP contribution in [0.1, 0.15) is 19.8 Å². The van der Waals surface area contributed by atoms with Crippen LogP contribution in [0.3, 0.4) is 0 Å². The van der Waals surface area contributed by atoms with Crippen LogP contribution in [0, 0.1) is 0 Å². The van der Waals surface area contributed by atoms with Gasteiger partial charge >= 0.3 is 0 Å². The van der Waals surface area contributed by atoms with Gasteiger partial charge in [-0.1, -0.05) is 0 Å². The molecule has 0 radical (unpaired) electrons. The van der Waals surface area contributed by atoms with Crippen LogP contribution >= 0.6 is 0 Å². The molecule has 1 aliphatic carbocycles. The minimum Gasteiger partial charge on any atom is -0.383 e. The number of methoxy groups -OCH3 is 1. The highest BCUT2D eigenvalue weighted by molar-refractivity contribution is 4.89. The van der Waals surface area contributed by atoms with Crippen LogP contribution in [0.15, 0.2) is 0 Å². The Kier molecular flexibility index (Phi) is 3.50. The minimum atomic E-state index is 0.437. The predicted molar refractivity (Wildman–Crippen MR) is 50.1 cm³/mol. The number of hydrogen-bond donors (Lipinski definition) is 1. The molecule has 1 saturated carbocycles. The number of likely N-dealkylation sites (N-methyl/N-ethyl adjacent to an activating group) is 1. The molecule has 0 aliphatic heterocycles. The van der Waals surface area contributed by atoms with E-state index in [2.05, 4.69) is 18.9 Å². The maximum atomic E-state index is 5.72. The van der Waals surface area contributed by atoms with Crippen LogP contribution < -0.4 is 5.73 Å². The van der Waals surface area contributed by atoms with Gasteiger partial charge in [-0.25, -0.2) is 0 Å². The van der Waals surface area contributed by atoms with Gasteiger partial charge in [-0.3, -0.25) is 4.90 Å². The van der Waals surface area contributed by atoms with Gasteiger partial charge in [-0.2, -0.15) is 0 Å². The molecule has 0 saturated heterocycles. The molecule has 0 bridgehead atoms. The van der Waals surface area contributed by atoms with Crippen molar-refractivity contribution in [3.05, 3.63) is 0 Å². The number of ether oxygens (including phenoxy) is 1. The standard InChI is InChI=1S/C9H20N2O/c1-7(6-12-3)11(2)9-4-8(10)5-9/h7-9H,4-6,10H2,1-3H3. The third-order valence-corrected chi connectivity index (χ3v) is 2.83.